The third-order valence-corrected chi connectivity index (χ3v) is 8.38. The molecule has 3 nitrogen and oxygen atoms in total. The van der Waals surface area contributed by atoms with Gasteiger partial charge < -0.3 is 13.9 Å². The number of fused-ring (bicyclic) bond motifs is 7. The van der Waals surface area contributed by atoms with E-state index in [0.29, 0.717) is 0 Å². The van der Waals surface area contributed by atoms with Crippen LogP contribution in [0.5, 0.6) is 23.0 Å². The summed E-state index contributed by atoms with van der Waals surface area (Å²) in [4.78, 5) is 0. The minimum absolute atomic E-state index is 0.571. The summed E-state index contributed by atoms with van der Waals surface area (Å²) in [7, 11) is 0. The quantitative estimate of drug-likeness (QED) is 0.230. The molecule has 0 radical (unpaired) electrons. The van der Waals surface area contributed by atoms with E-state index in [9.17, 15) is 0 Å². The Morgan fingerprint density at radius 1 is 0.425 bits per heavy atom. The SMILES string of the molecule is c1ccc(C23c4ccccc4Oc4cc(-c5ccc6oc7ccccc7c6c5)cc(c42)Oc2ccccc23)cc1. The molecule has 0 atom stereocenters. The van der Waals surface area contributed by atoms with Gasteiger partial charge in [0.25, 0.3) is 0 Å². The highest BCUT2D eigenvalue weighted by Gasteiger charge is 2.51. The van der Waals surface area contributed by atoms with Gasteiger partial charge in [0, 0.05) is 21.9 Å². The van der Waals surface area contributed by atoms with E-state index in [-0.39, 0.29) is 0 Å². The maximum absolute atomic E-state index is 6.69. The second-order valence-corrected chi connectivity index (χ2v) is 10.5. The molecule has 2 aliphatic heterocycles. The zero-order valence-corrected chi connectivity index (χ0v) is 21.4. The molecule has 3 heterocycles. The molecule has 6 aromatic carbocycles. The van der Waals surface area contributed by atoms with E-state index in [4.69, 9.17) is 13.9 Å². The molecule has 40 heavy (non-hydrogen) atoms. The Bertz CT molecular complexity index is 2050. The lowest BCUT2D eigenvalue weighted by atomic mass is 9.62. The summed E-state index contributed by atoms with van der Waals surface area (Å²) < 4.78 is 19.5. The highest BCUT2D eigenvalue weighted by molar-refractivity contribution is 6.06. The summed E-state index contributed by atoms with van der Waals surface area (Å²) >= 11 is 0. The van der Waals surface area contributed by atoms with Gasteiger partial charge in [-0.05, 0) is 59.2 Å². The molecule has 3 heteroatoms. The predicted molar refractivity (Wildman–Crippen MR) is 158 cm³/mol. The van der Waals surface area contributed by atoms with Crippen molar-refractivity contribution in [1.29, 1.82) is 0 Å². The van der Waals surface area contributed by atoms with Crippen molar-refractivity contribution in [3.05, 3.63) is 156 Å². The zero-order valence-electron chi connectivity index (χ0n) is 21.4. The first-order valence-electron chi connectivity index (χ1n) is 13.5. The molecule has 1 aromatic heterocycles. The molecule has 0 saturated carbocycles. The topological polar surface area (TPSA) is 31.6 Å². The van der Waals surface area contributed by atoms with Crippen molar-refractivity contribution < 1.29 is 13.9 Å². The average Bonchev–Trinajstić information content (AvgIpc) is 3.39. The van der Waals surface area contributed by atoms with Gasteiger partial charge >= 0.3 is 0 Å². The molecule has 9 rings (SSSR count). The minimum atomic E-state index is -0.571. The van der Waals surface area contributed by atoms with Crippen LogP contribution in [0.4, 0.5) is 0 Å². The van der Waals surface area contributed by atoms with Crippen molar-refractivity contribution in [2.75, 3.05) is 0 Å². The minimum Gasteiger partial charge on any atom is -0.457 e. The molecule has 0 bridgehead atoms. The van der Waals surface area contributed by atoms with E-state index >= 15 is 0 Å². The van der Waals surface area contributed by atoms with Gasteiger partial charge in [0.1, 0.15) is 34.2 Å². The first-order chi connectivity index (χ1) is 19.8. The molecule has 0 unspecified atom stereocenters. The largest absolute Gasteiger partial charge is 0.457 e. The van der Waals surface area contributed by atoms with Gasteiger partial charge in [0.2, 0.25) is 0 Å². The van der Waals surface area contributed by atoms with E-state index in [1.807, 2.05) is 30.3 Å². The van der Waals surface area contributed by atoms with E-state index < -0.39 is 5.41 Å². The summed E-state index contributed by atoms with van der Waals surface area (Å²) in [6.45, 7) is 0. The fourth-order valence-corrected chi connectivity index (χ4v) is 6.72. The monoisotopic (exact) mass is 514 g/mol. The number of benzene rings is 6. The molecule has 0 spiro atoms. The van der Waals surface area contributed by atoms with Crippen molar-refractivity contribution in [3.8, 4) is 34.1 Å². The molecule has 0 amide bonds. The summed E-state index contributed by atoms with van der Waals surface area (Å²) in [5, 5.41) is 2.20. The van der Waals surface area contributed by atoms with Crippen LogP contribution in [-0.4, -0.2) is 0 Å². The van der Waals surface area contributed by atoms with Crippen molar-refractivity contribution in [2.24, 2.45) is 0 Å². The van der Waals surface area contributed by atoms with Crippen LogP contribution in [0.3, 0.4) is 0 Å². The van der Waals surface area contributed by atoms with Gasteiger partial charge in [-0.1, -0.05) is 91.0 Å². The zero-order chi connectivity index (χ0) is 26.3. The summed E-state index contributed by atoms with van der Waals surface area (Å²) in [6.07, 6.45) is 0. The molecule has 0 aliphatic carbocycles. The number of hydrogen-bond acceptors (Lipinski definition) is 3. The van der Waals surface area contributed by atoms with Gasteiger partial charge in [0.05, 0.1) is 11.0 Å². The van der Waals surface area contributed by atoms with Crippen molar-refractivity contribution in [3.63, 3.8) is 0 Å². The van der Waals surface area contributed by atoms with Crippen molar-refractivity contribution in [2.45, 2.75) is 5.41 Å². The highest BCUT2D eigenvalue weighted by Crippen LogP contribution is 2.63. The highest BCUT2D eigenvalue weighted by atomic mass is 16.5. The first kappa shape index (κ1) is 21.6. The van der Waals surface area contributed by atoms with E-state index in [1.165, 1.54) is 5.56 Å². The maximum Gasteiger partial charge on any atom is 0.136 e. The Labute approximate surface area is 230 Å². The second kappa shape index (κ2) is 7.87. The third-order valence-electron chi connectivity index (χ3n) is 8.38. The van der Waals surface area contributed by atoms with Gasteiger partial charge in [0.15, 0.2) is 0 Å². The fourth-order valence-electron chi connectivity index (χ4n) is 6.72. The molecule has 188 valence electrons. The van der Waals surface area contributed by atoms with Crippen LogP contribution < -0.4 is 9.47 Å². The van der Waals surface area contributed by atoms with Crippen molar-refractivity contribution >= 4 is 21.9 Å². The number of hydrogen-bond donors (Lipinski definition) is 0. The Balaban J connectivity index is 1.36. The average molecular weight is 515 g/mol. The van der Waals surface area contributed by atoms with Gasteiger partial charge in [-0.2, -0.15) is 0 Å². The number of rotatable bonds is 2. The van der Waals surface area contributed by atoms with Gasteiger partial charge in [-0.3, -0.25) is 0 Å². The molecule has 0 fully saturated rings. The lowest BCUT2D eigenvalue weighted by molar-refractivity contribution is 0.385. The molecule has 7 aromatic rings. The number of furan rings is 1. The molecule has 2 aliphatic rings. The van der Waals surface area contributed by atoms with Crippen molar-refractivity contribution in [1.82, 2.24) is 0 Å². The van der Waals surface area contributed by atoms with Crippen LogP contribution in [0.25, 0.3) is 33.1 Å². The van der Waals surface area contributed by atoms with E-state index in [1.54, 1.807) is 0 Å². The van der Waals surface area contributed by atoms with Gasteiger partial charge in [-0.15, -0.1) is 0 Å². The molecule has 0 N–H and O–H groups in total. The van der Waals surface area contributed by atoms with E-state index in [0.717, 1.165) is 72.8 Å². The summed E-state index contributed by atoms with van der Waals surface area (Å²) in [5.74, 6) is 3.33. The molecular weight excluding hydrogens is 492 g/mol. The summed E-state index contributed by atoms with van der Waals surface area (Å²) in [5.41, 5.74) is 7.76. The lowest BCUT2D eigenvalue weighted by Crippen LogP contribution is -2.37. The van der Waals surface area contributed by atoms with Crippen LogP contribution >= 0.6 is 0 Å². The maximum atomic E-state index is 6.69. The van der Waals surface area contributed by atoms with Crippen LogP contribution in [0.2, 0.25) is 0 Å². The van der Waals surface area contributed by atoms with Crippen LogP contribution in [0.1, 0.15) is 22.3 Å². The third kappa shape index (κ3) is 2.79. The van der Waals surface area contributed by atoms with Crippen LogP contribution in [0.15, 0.2) is 138 Å². The number of para-hydroxylation sites is 3. The number of ether oxygens (including phenoxy) is 2. The lowest BCUT2D eigenvalue weighted by Gasteiger charge is -2.45. The summed E-state index contributed by atoms with van der Waals surface area (Å²) in [6, 6.07) is 46.3. The Morgan fingerprint density at radius 2 is 1.02 bits per heavy atom. The molecular formula is C37H22O3. The Kier molecular flexibility index (Phi) is 4.26. The normalized spacial score (nSPS) is 14.1. The predicted octanol–water partition coefficient (Wildman–Crippen LogP) is 9.85. The molecule has 0 saturated heterocycles. The Morgan fingerprint density at radius 3 is 1.75 bits per heavy atom. The van der Waals surface area contributed by atoms with Crippen LogP contribution in [-0.2, 0) is 5.41 Å². The first-order valence-corrected chi connectivity index (χ1v) is 13.5. The van der Waals surface area contributed by atoms with E-state index in [2.05, 4.69) is 103 Å². The fraction of sp³-hybridized carbons (Fsp3) is 0.0270. The smallest absolute Gasteiger partial charge is 0.136 e. The van der Waals surface area contributed by atoms with Crippen LogP contribution in [0, 0.1) is 0 Å². The Hall–Kier alpha value is -5.28. The standard InChI is InChI=1S/C37H22O3/c1-2-10-25(11-3-1)37-28-13-5-8-16-32(28)39-34-21-24(22-35(36(34)37)40-33-17-9-6-14-29(33)37)23-18-19-31-27(20-23)26-12-4-7-15-30(26)38-31/h1-22H. The second-order valence-electron chi connectivity index (χ2n) is 10.5. The van der Waals surface area contributed by atoms with Gasteiger partial charge in [-0.25, -0.2) is 0 Å².